The van der Waals surface area contributed by atoms with Gasteiger partial charge in [0, 0.05) is 23.1 Å². The lowest BCUT2D eigenvalue weighted by Crippen LogP contribution is -2.32. The molecule has 3 aromatic rings. The standard InChI is InChI=1S/C22H24N2O2/c1-15-21(19-4-2-3-5-20(19)23-15)17-10-12-24(13-11-17)14-16-6-8-18(9-7-16)22(25)26/h2-9,17,23H,10-14H2,1H3,(H,25,26). The fraction of sp³-hybridized carbons (Fsp3) is 0.318. The van der Waals surface area contributed by atoms with Gasteiger partial charge in [-0.2, -0.15) is 0 Å². The van der Waals surface area contributed by atoms with Crippen molar-refractivity contribution in [3.05, 3.63) is 70.9 Å². The summed E-state index contributed by atoms with van der Waals surface area (Å²) in [5.74, 6) is -0.261. The van der Waals surface area contributed by atoms with Crippen molar-refractivity contribution in [2.45, 2.75) is 32.2 Å². The summed E-state index contributed by atoms with van der Waals surface area (Å²) in [6.45, 7) is 5.22. The summed E-state index contributed by atoms with van der Waals surface area (Å²) in [6, 6.07) is 15.8. The first-order valence-corrected chi connectivity index (χ1v) is 9.23. The Kier molecular flexibility index (Phi) is 4.51. The fourth-order valence-corrected chi connectivity index (χ4v) is 4.22. The second kappa shape index (κ2) is 6.96. The van der Waals surface area contributed by atoms with E-state index < -0.39 is 5.97 Å². The number of carboxylic acids is 1. The summed E-state index contributed by atoms with van der Waals surface area (Å²) >= 11 is 0. The molecule has 0 radical (unpaired) electrons. The lowest BCUT2D eigenvalue weighted by atomic mass is 9.87. The van der Waals surface area contributed by atoms with Crippen LogP contribution < -0.4 is 0 Å². The van der Waals surface area contributed by atoms with E-state index in [2.05, 4.69) is 41.1 Å². The molecule has 1 aliphatic heterocycles. The molecule has 4 heteroatoms. The van der Waals surface area contributed by atoms with Crippen LogP contribution in [0.15, 0.2) is 48.5 Å². The summed E-state index contributed by atoms with van der Waals surface area (Å²) in [7, 11) is 0. The van der Waals surface area contributed by atoms with Crippen LogP contribution in [0.4, 0.5) is 0 Å². The van der Waals surface area contributed by atoms with E-state index in [1.807, 2.05) is 12.1 Å². The van der Waals surface area contributed by atoms with Crippen molar-refractivity contribution >= 4 is 16.9 Å². The highest BCUT2D eigenvalue weighted by Gasteiger charge is 2.24. The number of para-hydroxylation sites is 1. The van der Waals surface area contributed by atoms with Crippen molar-refractivity contribution in [1.82, 2.24) is 9.88 Å². The number of aromatic amines is 1. The second-order valence-electron chi connectivity index (χ2n) is 7.26. The molecule has 0 bridgehead atoms. The molecule has 1 aliphatic rings. The maximum atomic E-state index is 11.0. The number of hydrogen-bond donors (Lipinski definition) is 2. The highest BCUT2D eigenvalue weighted by Crippen LogP contribution is 2.35. The number of fused-ring (bicyclic) bond motifs is 1. The van der Waals surface area contributed by atoms with Crippen LogP contribution in [0.5, 0.6) is 0 Å². The quantitative estimate of drug-likeness (QED) is 0.727. The van der Waals surface area contributed by atoms with Crippen LogP contribution >= 0.6 is 0 Å². The second-order valence-corrected chi connectivity index (χ2v) is 7.26. The van der Waals surface area contributed by atoms with E-state index in [1.54, 1.807) is 12.1 Å². The van der Waals surface area contributed by atoms with Gasteiger partial charge >= 0.3 is 5.97 Å². The molecule has 0 saturated carbocycles. The minimum atomic E-state index is -0.869. The third-order valence-corrected chi connectivity index (χ3v) is 5.55. The van der Waals surface area contributed by atoms with Gasteiger partial charge in [0.1, 0.15) is 0 Å². The van der Waals surface area contributed by atoms with E-state index in [0.717, 1.165) is 32.5 Å². The number of benzene rings is 2. The number of nitrogens with zero attached hydrogens (tertiary/aromatic N) is 1. The molecule has 2 N–H and O–H groups in total. The molecule has 4 rings (SSSR count). The van der Waals surface area contributed by atoms with Gasteiger partial charge in [-0.25, -0.2) is 4.79 Å². The van der Waals surface area contributed by atoms with Crippen LogP contribution in [0.1, 0.15) is 45.9 Å². The number of piperidine rings is 1. The lowest BCUT2D eigenvalue weighted by molar-refractivity contribution is 0.0697. The van der Waals surface area contributed by atoms with Crippen LogP contribution in [0.2, 0.25) is 0 Å². The van der Waals surface area contributed by atoms with Crippen molar-refractivity contribution in [3.8, 4) is 0 Å². The molecule has 2 heterocycles. The Balaban J connectivity index is 1.42. The number of aromatic nitrogens is 1. The van der Waals surface area contributed by atoms with Crippen LogP contribution in [0.25, 0.3) is 10.9 Å². The molecule has 0 spiro atoms. The monoisotopic (exact) mass is 348 g/mol. The van der Waals surface area contributed by atoms with Gasteiger partial charge in [-0.05, 0) is 68.1 Å². The van der Waals surface area contributed by atoms with Crippen LogP contribution in [0.3, 0.4) is 0 Å². The summed E-state index contributed by atoms with van der Waals surface area (Å²) in [5.41, 5.74) is 5.56. The number of aromatic carboxylic acids is 1. The van der Waals surface area contributed by atoms with Gasteiger partial charge in [-0.15, -0.1) is 0 Å². The van der Waals surface area contributed by atoms with Crippen LogP contribution in [-0.2, 0) is 6.54 Å². The van der Waals surface area contributed by atoms with Crippen molar-refractivity contribution < 1.29 is 9.90 Å². The van der Waals surface area contributed by atoms with E-state index >= 15 is 0 Å². The van der Waals surface area contributed by atoms with Crippen molar-refractivity contribution in [1.29, 1.82) is 0 Å². The Labute approximate surface area is 153 Å². The molecule has 0 amide bonds. The number of carboxylic acid groups (broad SMARTS) is 1. The topological polar surface area (TPSA) is 56.3 Å². The Hall–Kier alpha value is -2.59. The van der Waals surface area contributed by atoms with E-state index in [-0.39, 0.29) is 0 Å². The van der Waals surface area contributed by atoms with Gasteiger partial charge in [0.25, 0.3) is 0 Å². The number of rotatable bonds is 4. The molecule has 1 fully saturated rings. The van der Waals surface area contributed by atoms with E-state index in [4.69, 9.17) is 5.11 Å². The lowest BCUT2D eigenvalue weighted by Gasteiger charge is -2.32. The zero-order valence-electron chi connectivity index (χ0n) is 15.0. The zero-order chi connectivity index (χ0) is 18.1. The predicted octanol–water partition coefficient (Wildman–Crippen LogP) is 4.55. The maximum absolute atomic E-state index is 11.0. The highest BCUT2D eigenvalue weighted by molar-refractivity contribution is 5.87. The van der Waals surface area contributed by atoms with Gasteiger partial charge in [-0.1, -0.05) is 30.3 Å². The summed E-state index contributed by atoms with van der Waals surface area (Å²) < 4.78 is 0. The van der Waals surface area contributed by atoms with E-state index in [0.29, 0.717) is 11.5 Å². The Morgan fingerprint density at radius 2 is 1.81 bits per heavy atom. The third kappa shape index (κ3) is 3.25. The van der Waals surface area contributed by atoms with E-state index in [1.165, 1.54) is 27.7 Å². The highest BCUT2D eigenvalue weighted by atomic mass is 16.4. The first kappa shape index (κ1) is 16.9. The van der Waals surface area contributed by atoms with Crippen molar-refractivity contribution in [2.75, 3.05) is 13.1 Å². The smallest absolute Gasteiger partial charge is 0.335 e. The van der Waals surface area contributed by atoms with Gasteiger partial charge in [-0.3, -0.25) is 4.90 Å². The number of aryl methyl sites for hydroxylation is 1. The maximum Gasteiger partial charge on any atom is 0.335 e. The molecule has 0 aliphatic carbocycles. The molecule has 0 unspecified atom stereocenters. The van der Waals surface area contributed by atoms with Crippen LogP contribution in [0, 0.1) is 6.92 Å². The predicted molar refractivity (Wildman–Crippen MR) is 104 cm³/mol. The SMILES string of the molecule is Cc1[nH]c2ccccc2c1C1CCN(Cc2ccc(C(=O)O)cc2)CC1. The van der Waals surface area contributed by atoms with Crippen LogP contribution in [-0.4, -0.2) is 34.0 Å². The minimum absolute atomic E-state index is 0.349. The fourth-order valence-electron chi connectivity index (χ4n) is 4.22. The minimum Gasteiger partial charge on any atom is -0.478 e. The average Bonchev–Trinajstić information content (AvgIpc) is 2.99. The van der Waals surface area contributed by atoms with Gasteiger partial charge in [0.05, 0.1) is 5.56 Å². The molecular formula is C22H24N2O2. The summed E-state index contributed by atoms with van der Waals surface area (Å²) in [6.07, 6.45) is 2.33. The van der Waals surface area contributed by atoms with Crippen molar-refractivity contribution in [3.63, 3.8) is 0 Å². The molecule has 1 aromatic heterocycles. The number of H-pyrrole nitrogens is 1. The number of hydrogen-bond acceptors (Lipinski definition) is 2. The molecule has 0 atom stereocenters. The average molecular weight is 348 g/mol. The Morgan fingerprint density at radius 1 is 1.12 bits per heavy atom. The first-order chi connectivity index (χ1) is 12.6. The van der Waals surface area contributed by atoms with Gasteiger partial charge < -0.3 is 10.1 Å². The van der Waals surface area contributed by atoms with E-state index in [9.17, 15) is 4.79 Å². The Morgan fingerprint density at radius 3 is 2.50 bits per heavy atom. The summed E-state index contributed by atoms with van der Waals surface area (Å²) in [5, 5.41) is 10.4. The van der Waals surface area contributed by atoms with Crippen molar-refractivity contribution in [2.24, 2.45) is 0 Å². The molecule has 134 valence electrons. The first-order valence-electron chi connectivity index (χ1n) is 9.23. The zero-order valence-corrected chi connectivity index (χ0v) is 15.0. The largest absolute Gasteiger partial charge is 0.478 e. The molecule has 2 aromatic carbocycles. The normalized spacial score (nSPS) is 16.2. The molecule has 26 heavy (non-hydrogen) atoms. The molecule has 1 saturated heterocycles. The number of likely N-dealkylation sites (tertiary alicyclic amines) is 1. The summed E-state index contributed by atoms with van der Waals surface area (Å²) in [4.78, 5) is 17.0. The van der Waals surface area contributed by atoms with Gasteiger partial charge in [0.15, 0.2) is 0 Å². The number of nitrogens with one attached hydrogen (secondary N) is 1. The number of carbonyl (C=O) groups is 1. The molecular weight excluding hydrogens is 324 g/mol. The third-order valence-electron chi connectivity index (χ3n) is 5.55. The molecule has 4 nitrogen and oxygen atoms in total. The van der Waals surface area contributed by atoms with Gasteiger partial charge in [0.2, 0.25) is 0 Å². The Bertz CT molecular complexity index is 919.